The lowest BCUT2D eigenvalue weighted by Gasteiger charge is -2.07. The van der Waals surface area contributed by atoms with Gasteiger partial charge in [0.05, 0.1) is 24.4 Å². The van der Waals surface area contributed by atoms with Crippen LogP contribution in [0.25, 0.3) is 0 Å². The van der Waals surface area contributed by atoms with Gasteiger partial charge in [0.15, 0.2) is 11.6 Å². The van der Waals surface area contributed by atoms with Crippen LogP contribution in [0, 0.1) is 5.82 Å². The van der Waals surface area contributed by atoms with Crippen LogP contribution >= 0.6 is 0 Å². The van der Waals surface area contributed by atoms with Gasteiger partial charge in [0.2, 0.25) is 0 Å². The molecular weight excluding hydrogens is 221 g/mol. The number of benzene rings is 1. The third kappa shape index (κ3) is 2.15. The first-order valence-electron chi connectivity index (χ1n) is 5.01. The molecule has 0 fully saturated rings. The number of ether oxygens (including phenoxy) is 1. The summed E-state index contributed by atoms with van der Waals surface area (Å²) >= 11 is 0. The number of hydrogen-bond donors (Lipinski definition) is 0. The highest BCUT2D eigenvalue weighted by Crippen LogP contribution is 2.21. The molecule has 0 aliphatic rings. The van der Waals surface area contributed by atoms with Crippen LogP contribution in [-0.2, 0) is 0 Å². The fraction of sp³-hybridized carbons (Fsp3) is 0.0769. The van der Waals surface area contributed by atoms with E-state index in [9.17, 15) is 9.18 Å². The van der Waals surface area contributed by atoms with Crippen molar-refractivity contribution < 1.29 is 13.9 Å². The molecular formula is C13H10FNO2. The number of carbonyl (C=O) groups is 1. The lowest BCUT2D eigenvalue weighted by Crippen LogP contribution is -2.06. The van der Waals surface area contributed by atoms with Crippen molar-refractivity contribution in [1.82, 2.24) is 4.98 Å². The molecule has 2 rings (SSSR count). The van der Waals surface area contributed by atoms with E-state index in [1.807, 2.05) is 0 Å². The lowest BCUT2D eigenvalue weighted by atomic mass is 10.0. The first kappa shape index (κ1) is 11.3. The molecule has 0 unspecified atom stereocenters. The number of ketones is 1. The van der Waals surface area contributed by atoms with Gasteiger partial charge >= 0.3 is 0 Å². The van der Waals surface area contributed by atoms with Crippen molar-refractivity contribution in [2.45, 2.75) is 0 Å². The maximum absolute atomic E-state index is 13.4. The molecule has 1 heterocycles. The predicted octanol–water partition coefficient (Wildman–Crippen LogP) is 2.46. The van der Waals surface area contributed by atoms with Crippen molar-refractivity contribution in [3.05, 3.63) is 59.7 Å². The summed E-state index contributed by atoms with van der Waals surface area (Å²) in [5.74, 6) is -0.625. The first-order chi connectivity index (χ1) is 8.24. The number of methoxy groups -OCH3 is 1. The van der Waals surface area contributed by atoms with Crippen LogP contribution in [0.1, 0.15) is 15.9 Å². The number of nitrogens with zero attached hydrogens (tertiary/aromatic N) is 1. The molecule has 2 aromatic rings. The average molecular weight is 231 g/mol. The SMILES string of the molecule is COc1ccccc1C(=O)c1ccncc1F. The Morgan fingerprint density at radius 1 is 1.24 bits per heavy atom. The van der Waals surface area contributed by atoms with Crippen molar-refractivity contribution in [3.63, 3.8) is 0 Å². The highest BCUT2D eigenvalue weighted by atomic mass is 19.1. The summed E-state index contributed by atoms with van der Waals surface area (Å²) in [4.78, 5) is 15.7. The summed E-state index contributed by atoms with van der Waals surface area (Å²) in [6.07, 6.45) is 2.40. The van der Waals surface area contributed by atoms with E-state index in [2.05, 4.69) is 4.98 Å². The van der Waals surface area contributed by atoms with Gasteiger partial charge in [-0.1, -0.05) is 12.1 Å². The lowest BCUT2D eigenvalue weighted by molar-refractivity contribution is 0.103. The number of carbonyl (C=O) groups excluding carboxylic acids is 1. The molecule has 0 amide bonds. The number of para-hydroxylation sites is 1. The molecule has 4 heteroatoms. The zero-order chi connectivity index (χ0) is 12.3. The van der Waals surface area contributed by atoms with Crippen molar-refractivity contribution >= 4 is 5.78 Å². The van der Waals surface area contributed by atoms with Crippen molar-refractivity contribution in [2.75, 3.05) is 7.11 Å². The fourth-order valence-electron chi connectivity index (χ4n) is 1.54. The Morgan fingerprint density at radius 2 is 2.00 bits per heavy atom. The number of aromatic nitrogens is 1. The summed E-state index contributed by atoms with van der Waals surface area (Å²) in [7, 11) is 1.47. The molecule has 0 aliphatic heterocycles. The van der Waals surface area contributed by atoms with Crippen molar-refractivity contribution in [1.29, 1.82) is 0 Å². The van der Waals surface area contributed by atoms with Crippen LogP contribution in [0.4, 0.5) is 4.39 Å². The minimum Gasteiger partial charge on any atom is -0.496 e. The Balaban J connectivity index is 2.48. The predicted molar refractivity (Wildman–Crippen MR) is 60.6 cm³/mol. The Labute approximate surface area is 97.9 Å². The Morgan fingerprint density at radius 3 is 2.71 bits per heavy atom. The van der Waals surface area contributed by atoms with Crippen LogP contribution in [0.5, 0.6) is 5.75 Å². The van der Waals surface area contributed by atoms with E-state index in [0.717, 1.165) is 6.20 Å². The molecule has 0 atom stereocenters. The highest BCUT2D eigenvalue weighted by Gasteiger charge is 2.17. The summed E-state index contributed by atoms with van der Waals surface area (Å²) in [5, 5.41) is 0. The fourth-order valence-corrected chi connectivity index (χ4v) is 1.54. The van der Waals surface area contributed by atoms with E-state index >= 15 is 0 Å². The largest absolute Gasteiger partial charge is 0.496 e. The maximum atomic E-state index is 13.4. The molecule has 0 radical (unpaired) electrons. The average Bonchev–Trinajstić information content (AvgIpc) is 2.38. The van der Waals surface area contributed by atoms with Crippen molar-refractivity contribution in [2.24, 2.45) is 0 Å². The molecule has 1 aromatic heterocycles. The van der Waals surface area contributed by atoms with E-state index < -0.39 is 11.6 Å². The van der Waals surface area contributed by atoms with Gasteiger partial charge in [-0.3, -0.25) is 9.78 Å². The monoisotopic (exact) mass is 231 g/mol. The Hall–Kier alpha value is -2.23. The van der Waals surface area contributed by atoms with E-state index in [4.69, 9.17) is 4.74 Å². The van der Waals surface area contributed by atoms with E-state index in [-0.39, 0.29) is 5.56 Å². The zero-order valence-corrected chi connectivity index (χ0v) is 9.18. The molecule has 0 aliphatic carbocycles. The van der Waals surface area contributed by atoms with Gasteiger partial charge in [0.1, 0.15) is 5.75 Å². The second-order valence-corrected chi connectivity index (χ2v) is 3.38. The molecule has 86 valence electrons. The Kier molecular flexibility index (Phi) is 3.14. The smallest absolute Gasteiger partial charge is 0.199 e. The Bertz CT molecular complexity index is 555. The van der Waals surface area contributed by atoms with Crippen LogP contribution in [0.3, 0.4) is 0 Å². The molecule has 1 aromatic carbocycles. The van der Waals surface area contributed by atoms with Crippen LogP contribution in [0.15, 0.2) is 42.7 Å². The minimum absolute atomic E-state index is 0.00972. The van der Waals surface area contributed by atoms with Gasteiger partial charge in [-0.2, -0.15) is 0 Å². The number of hydrogen-bond acceptors (Lipinski definition) is 3. The topological polar surface area (TPSA) is 39.2 Å². The van der Waals surface area contributed by atoms with E-state index in [1.165, 1.54) is 19.4 Å². The second kappa shape index (κ2) is 4.74. The maximum Gasteiger partial charge on any atom is 0.199 e. The molecule has 0 bridgehead atoms. The molecule has 17 heavy (non-hydrogen) atoms. The van der Waals surface area contributed by atoms with Crippen LogP contribution < -0.4 is 4.74 Å². The number of rotatable bonds is 3. The van der Waals surface area contributed by atoms with Crippen molar-refractivity contribution in [3.8, 4) is 5.75 Å². The van der Waals surface area contributed by atoms with Crippen LogP contribution in [-0.4, -0.2) is 17.9 Å². The van der Waals surface area contributed by atoms with Gasteiger partial charge in [0.25, 0.3) is 0 Å². The molecule has 0 saturated carbocycles. The summed E-state index contributed by atoms with van der Waals surface area (Å²) in [6.45, 7) is 0. The van der Waals surface area contributed by atoms with E-state index in [1.54, 1.807) is 24.3 Å². The summed E-state index contributed by atoms with van der Waals surface area (Å²) in [6, 6.07) is 8.06. The number of pyridine rings is 1. The van der Waals surface area contributed by atoms with E-state index in [0.29, 0.717) is 11.3 Å². The first-order valence-corrected chi connectivity index (χ1v) is 5.01. The highest BCUT2D eigenvalue weighted by molar-refractivity contribution is 6.10. The van der Waals surface area contributed by atoms with Crippen LogP contribution in [0.2, 0.25) is 0 Å². The number of halogens is 1. The molecule has 0 saturated heterocycles. The zero-order valence-electron chi connectivity index (χ0n) is 9.18. The van der Waals surface area contributed by atoms with Gasteiger partial charge in [-0.15, -0.1) is 0 Å². The quantitative estimate of drug-likeness (QED) is 0.762. The standard InChI is InChI=1S/C13H10FNO2/c1-17-12-5-3-2-4-10(12)13(16)9-6-7-15-8-11(9)14/h2-8H,1H3. The summed E-state index contributed by atoms with van der Waals surface area (Å²) < 4.78 is 18.5. The van der Waals surface area contributed by atoms with Gasteiger partial charge in [0, 0.05) is 6.20 Å². The third-order valence-corrected chi connectivity index (χ3v) is 2.37. The van der Waals surface area contributed by atoms with Gasteiger partial charge in [-0.25, -0.2) is 4.39 Å². The molecule has 0 N–H and O–H groups in total. The van der Waals surface area contributed by atoms with Gasteiger partial charge < -0.3 is 4.74 Å². The molecule has 3 nitrogen and oxygen atoms in total. The third-order valence-electron chi connectivity index (χ3n) is 2.37. The normalized spacial score (nSPS) is 10.0. The molecule has 0 spiro atoms. The summed E-state index contributed by atoms with van der Waals surface area (Å²) in [5.41, 5.74) is 0.324. The second-order valence-electron chi connectivity index (χ2n) is 3.38. The van der Waals surface area contributed by atoms with Gasteiger partial charge in [-0.05, 0) is 18.2 Å². The minimum atomic E-state index is -0.636.